The first-order valence-corrected chi connectivity index (χ1v) is 8.26. The number of methoxy groups -OCH3 is 1. The van der Waals surface area contributed by atoms with Crippen LogP contribution in [0.15, 0.2) is 24.3 Å². The number of hydrogen-bond donors (Lipinski definition) is 1. The standard InChI is InChI=1S/C14H24N2O3S/c1-15-11-13-6-4-7-14(10-13)12-20(17,18)16(2)8-5-9-19-3/h4,6-7,10,15H,5,8-9,11-12H2,1-3H3. The summed E-state index contributed by atoms with van der Waals surface area (Å²) >= 11 is 0. The minimum absolute atomic E-state index is 0.0358. The van der Waals surface area contributed by atoms with E-state index in [4.69, 9.17) is 4.74 Å². The van der Waals surface area contributed by atoms with Crippen LogP contribution in [0, 0.1) is 0 Å². The second-order valence-electron chi connectivity index (χ2n) is 4.77. The first kappa shape index (κ1) is 17.1. The van der Waals surface area contributed by atoms with Gasteiger partial charge in [-0.15, -0.1) is 0 Å². The Kier molecular flexibility index (Phi) is 7.15. The molecule has 0 saturated carbocycles. The minimum atomic E-state index is -3.27. The van der Waals surface area contributed by atoms with Crippen molar-refractivity contribution in [1.82, 2.24) is 9.62 Å². The molecule has 0 radical (unpaired) electrons. The second kappa shape index (κ2) is 8.36. The molecule has 0 saturated heterocycles. The molecular formula is C14H24N2O3S. The zero-order valence-corrected chi connectivity index (χ0v) is 13.2. The monoisotopic (exact) mass is 300 g/mol. The van der Waals surface area contributed by atoms with E-state index in [2.05, 4.69) is 5.32 Å². The summed E-state index contributed by atoms with van der Waals surface area (Å²) in [6.45, 7) is 1.78. The van der Waals surface area contributed by atoms with E-state index in [1.807, 2.05) is 31.3 Å². The minimum Gasteiger partial charge on any atom is -0.385 e. The Bertz CT molecular complexity index is 503. The highest BCUT2D eigenvalue weighted by Crippen LogP contribution is 2.12. The lowest BCUT2D eigenvalue weighted by Crippen LogP contribution is -2.29. The molecule has 0 spiro atoms. The zero-order valence-electron chi connectivity index (χ0n) is 12.4. The van der Waals surface area contributed by atoms with Crippen LogP contribution in [0.25, 0.3) is 0 Å². The molecule has 6 heteroatoms. The van der Waals surface area contributed by atoms with Gasteiger partial charge >= 0.3 is 0 Å². The summed E-state index contributed by atoms with van der Waals surface area (Å²) in [7, 11) is 1.83. The Balaban J connectivity index is 2.67. The van der Waals surface area contributed by atoms with Crippen molar-refractivity contribution in [2.24, 2.45) is 0 Å². The number of nitrogens with one attached hydrogen (secondary N) is 1. The first-order chi connectivity index (χ1) is 9.49. The highest BCUT2D eigenvalue weighted by atomic mass is 32.2. The van der Waals surface area contributed by atoms with Crippen molar-refractivity contribution in [1.29, 1.82) is 0 Å². The lowest BCUT2D eigenvalue weighted by atomic mass is 10.1. The van der Waals surface area contributed by atoms with E-state index in [-0.39, 0.29) is 5.75 Å². The van der Waals surface area contributed by atoms with Crippen molar-refractivity contribution in [3.63, 3.8) is 0 Å². The van der Waals surface area contributed by atoms with Crippen LogP contribution < -0.4 is 5.32 Å². The number of rotatable bonds is 9. The summed E-state index contributed by atoms with van der Waals surface area (Å²) in [5.41, 5.74) is 1.90. The van der Waals surface area contributed by atoms with Crippen LogP contribution in [0.5, 0.6) is 0 Å². The second-order valence-corrected chi connectivity index (χ2v) is 6.85. The summed E-state index contributed by atoms with van der Waals surface area (Å²) in [5, 5.41) is 3.06. The van der Waals surface area contributed by atoms with Crippen molar-refractivity contribution in [3.05, 3.63) is 35.4 Å². The van der Waals surface area contributed by atoms with Gasteiger partial charge in [0.2, 0.25) is 10.0 Å². The molecule has 0 atom stereocenters. The van der Waals surface area contributed by atoms with Gasteiger partial charge < -0.3 is 10.1 Å². The van der Waals surface area contributed by atoms with Crippen LogP contribution >= 0.6 is 0 Å². The van der Waals surface area contributed by atoms with E-state index in [0.29, 0.717) is 19.6 Å². The first-order valence-electron chi connectivity index (χ1n) is 6.65. The van der Waals surface area contributed by atoms with Gasteiger partial charge in [0.05, 0.1) is 5.75 Å². The molecule has 0 heterocycles. The van der Waals surface area contributed by atoms with Gasteiger partial charge in [-0.2, -0.15) is 0 Å². The molecule has 1 aromatic rings. The van der Waals surface area contributed by atoms with Crippen molar-refractivity contribution in [3.8, 4) is 0 Å². The van der Waals surface area contributed by atoms with E-state index >= 15 is 0 Å². The maximum Gasteiger partial charge on any atom is 0.218 e. The molecule has 1 rings (SSSR count). The molecule has 0 amide bonds. The van der Waals surface area contributed by atoms with Crippen LogP contribution in [0.2, 0.25) is 0 Å². The predicted octanol–water partition coefficient (Wildman–Crippen LogP) is 1.20. The molecule has 114 valence electrons. The third-order valence-corrected chi connectivity index (χ3v) is 4.85. The molecular weight excluding hydrogens is 276 g/mol. The van der Waals surface area contributed by atoms with Crippen molar-refractivity contribution in [2.75, 3.05) is 34.4 Å². The van der Waals surface area contributed by atoms with Gasteiger partial charge in [0.25, 0.3) is 0 Å². The molecule has 20 heavy (non-hydrogen) atoms. The molecule has 0 fully saturated rings. The number of sulfonamides is 1. The van der Waals surface area contributed by atoms with E-state index in [0.717, 1.165) is 17.7 Å². The summed E-state index contributed by atoms with van der Waals surface area (Å²) < 4.78 is 30.8. The van der Waals surface area contributed by atoms with Gasteiger partial charge in [-0.1, -0.05) is 24.3 Å². The van der Waals surface area contributed by atoms with Gasteiger partial charge in [-0.25, -0.2) is 12.7 Å². The molecule has 0 aromatic heterocycles. The van der Waals surface area contributed by atoms with Gasteiger partial charge in [0.15, 0.2) is 0 Å². The highest BCUT2D eigenvalue weighted by molar-refractivity contribution is 7.88. The normalized spacial score (nSPS) is 12.0. The van der Waals surface area contributed by atoms with Crippen LogP contribution in [-0.4, -0.2) is 47.1 Å². The zero-order chi connectivity index (χ0) is 15.0. The fourth-order valence-electron chi connectivity index (χ4n) is 1.92. The van der Waals surface area contributed by atoms with Gasteiger partial charge in [-0.3, -0.25) is 0 Å². The number of nitrogens with zero attached hydrogens (tertiary/aromatic N) is 1. The third-order valence-electron chi connectivity index (χ3n) is 3.02. The Labute approximate surface area is 122 Å². The molecule has 0 aliphatic carbocycles. The van der Waals surface area contributed by atoms with Crippen LogP contribution in [-0.2, 0) is 27.1 Å². The van der Waals surface area contributed by atoms with Crippen molar-refractivity contribution in [2.45, 2.75) is 18.7 Å². The largest absolute Gasteiger partial charge is 0.385 e. The average molecular weight is 300 g/mol. The fraction of sp³-hybridized carbons (Fsp3) is 0.571. The van der Waals surface area contributed by atoms with Gasteiger partial charge in [0, 0.05) is 33.9 Å². The average Bonchev–Trinajstić information content (AvgIpc) is 2.39. The van der Waals surface area contributed by atoms with Crippen LogP contribution in [0.4, 0.5) is 0 Å². The summed E-state index contributed by atoms with van der Waals surface area (Å²) in [4.78, 5) is 0. The molecule has 0 aliphatic heterocycles. The Morgan fingerprint density at radius 2 is 2.00 bits per heavy atom. The molecule has 5 nitrogen and oxygen atoms in total. The number of hydrogen-bond acceptors (Lipinski definition) is 4. The quantitative estimate of drug-likeness (QED) is 0.696. The lowest BCUT2D eigenvalue weighted by molar-refractivity contribution is 0.189. The van der Waals surface area contributed by atoms with Crippen molar-refractivity contribution < 1.29 is 13.2 Å². The molecule has 1 N–H and O–H groups in total. The molecule has 0 unspecified atom stereocenters. The molecule has 1 aromatic carbocycles. The molecule has 0 bridgehead atoms. The SMILES string of the molecule is CNCc1cccc(CS(=O)(=O)N(C)CCCOC)c1. The topological polar surface area (TPSA) is 58.6 Å². The summed E-state index contributed by atoms with van der Waals surface area (Å²) in [5.74, 6) is 0.0358. The van der Waals surface area contributed by atoms with Crippen LogP contribution in [0.3, 0.4) is 0 Å². The smallest absolute Gasteiger partial charge is 0.218 e. The summed E-state index contributed by atoms with van der Waals surface area (Å²) in [6.07, 6.45) is 0.700. The highest BCUT2D eigenvalue weighted by Gasteiger charge is 2.18. The van der Waals surface area contributed by atoms with E-state index < -0.39 is 10.0 Å². The maximum atomic E-state index is 12.2. The van der Waals surface area contributed by atoms with E-state index in [9.17, 15) is 8.42 Å². The van der Waals surface area contributed by atoms with Crippen LogP contribution in [0.1, 0.15) is 17.5 Å². The predicted molar refractivity (Wildman–Crippen MR) is 81.0 cm³/mol. The Morgan fingerprint density at radius 1 is 1.30 bits per heavy atom. The van der Waals surface area contributed by atoms with Crippen molar-refractivity contribution >= 4 is 10.0 Å². The summed E-state index contributed by atoms with van der Waals surface area (Å²) in [6, 6.07) is 7.65. The Hall–Kier alpha value is -0.950. The third kappa shape index (κ3) is 5.58. The maximum absolute atomic E-state index is 12.2. The Morgan fingerprint density at radius 3 is 2.65 bits per heavy atom. The lowest BCUT2D eigenvalue weighted by Gasteiger charge is -2.17. The van der Waals surface area contributed by atoms with E-state index in [1.165, 1.54) is 4.31 Å². The molecule has 0 aliphatic rings. The van der Waals surface area contributed by atoms with Gasteiger partial charge in [0.1, 0.15) is 0 Å². The fourth-order valence-corrected chi connectivity index (χ4v) is 3.15. The van der Waals surface area contributed by atoms with Gasteiger partial charge in [-0.05, 0) is 24.6 Å². The number of benzene rings is 1. The number of ether oxygens (including phenoxy) is 1. The van der Waals surface area contributed by atoms with E-state index in [1.54, 1.807) is 14.2 Å².